The van der Waals surface area contributed by atoms with Gasteiger partial charge in [-0.3, -0.25) is 4.79 Å². The molecule has 4 heteroatoms. The number of nitrogens with one attached hydrogen (secondary N) is 1. The summed E-state index contributed by atoms with van der Waals surface area (Å²) in [6, 6.07) is 2.02. The lowest BCUT2D eigenvalue weighted by atomic mass is 10.2. The van der Waals surface area contributed by atoms with E-state index in [2.05, 4.69) is 5.32 Å². The number of methoxy groups -OCH3 is 1. The third-order valence-corrected chi connectivity index (χ3v) is 2.99. The lowest BCUT2D eigenvalue weighted by Crippen LogP contribution is -2.26. The number of ether oxygens (including phenoxy) is 1. The molecule has 0 saturated carbocycles. The van der Waals surface area contributed by atoms with Gasteiger partial charge in [0.15, 0.2) is 0 Å². The van der Waals surface area contributed by atoms with Gasteiger partial charge in [-0.25, -0.2) is 0 Å². The average molecular weight is 213 g/mol. The molecule has 0 aliphatic rings. The number of thiophene rings is 1. The van der Waals surface area contributed by atoms with Gasteiger partial charge in [0.1, 0.15) is 0 Å². The summed E-state index contributed by atoms with van der Waals surface area (Å²) in [5.41, 5.74) is 1.04. The maximum absolute atomic E-state index is 11.6. The van der Waals surface area contributed by atoms with Crippen LogP contribution in [0, 0.1) is 13.8 Å². The van der Waals surface area contributed by atoms with Gasteiger partial charge in [-0.1, -0.05) is 0 Å². The van der Waals surface area contributed by atoms with E-state index in [0.717, 1.165) is 10.4 Å². The Kier molecular flexibility index (Phi) is 4.10. The summed E-state index contributed by atoms with van der Waals surface area (Å²) in [5, 5.41) is 2.80. The number of carbonyl (C=O) groups excluding carboxylic acids is 1. The first-order valence-corrected chi connectivity index (χ1v) is 5.31. The Bertz CT molecular complexity index is 320. The maximum atomic E-state index is 11.6. The molecule has 0 atom stereocenters. The van der Waals surface area contributed by atoms with Crippen molar-refractivity contribution in [1.82, 2.24) is 5.32 Å². The lowest BCUT2D eigenvalue weighted by Gasteiger charge is -2.02. The number of carbonyl (C=O) groups is 1. The zero-order valence-electron chi connectivity index (χ0n) is 8.72. The highest BCUT2D eigenvalue weighted by atomic mass is 32.1. The molecule has 1 amide bonds. The summed E-state index contributed by atoms with van der Waals surface area (Å²) < 4.78 is 4.85. The molecule has 0 aromatic carbocycles. The first-order chi connectivity index (χ1) is 6.65. The zero-order chi connectivity index (χ0) is 10.6. The van der Waals surface area contributed by atoms with Crippen molar-refractivity contribution in [2.45, 2.75) is 13.8 Å². The molecule has 0 radical (unpaired) electrons. The summed E-state index contributed by atoms with van der Waals surface area (Å²) in [6.07, 6.45) is 0. The molecule has 0 bridgehead atoms. The normalized spacial score (nSPS) is 10.2. The van der Waals surface area contributed by atoms with E-state index in [1.165, 1.54) is 16.2 Å². The molecule has 1 N–H and O–H groups in total. The van der Waals surface area contributed by atoms with Crippen LogP contribution in [0.25, 0.3) is 0 Å². The van der Waals surface area contributed by atoms with Gasteiger partial charge in [0, 0.05) is 18.5 Å². The van der Waals surface area contributed by atoms with Crippen molar-refractivity contribution in [2.24, 2.45) is 0 Å². The molecule has 1 rings (SSSR count). The van der Waals surface area contributed by atoms with Crippen LogP contribution in [-0.4, -0.2) is 26.2 Å². The van der Waals surface area contributed by atoms with Crippen LogP contribution >= 0.6 is 11.3 Å². The second kappa shape index (κ2) is 5.12. The Morgan fingerprint density at radius 2 is 2.29 bits per heavy atom. The van der Waals surface area contributed by atoms with Gasteiger partial charge in [-0.05, 0) is 25.5 Å². The fourth-order valence-electron chi connectivity index (χ4n) is 1.21. The van der Waals surface area contributed by atoms with Crippen LogP contribution in [0.4, 0.5) is 0 Å². The van der Waals surface area contributed by atoms with E-state index in [4.69, 9.17) is 4.74 Å². The summed E-state index contributed by atoms with van der Waals surface area (Å²) in [7, 11) is 1.62. The SMILES string of the molecule is COCCNC(=O)c1sc(C)cc1C. The Hall–Kier alpha value is -0.870. The fourth-order valence-corrected chi connectivity index (χ4v) is 2.16. The molecular formula is C10H15NO2S. The minimum atomic E-state index is -0.00218. The highest BCUT2D eigenvalue weighted by Gasteiger charge is 2.10. The smallest absolute Gasteiger partial charge is 0.261 e. The first-order valence-electron chi connectivity index (χ1n) is 4.49. The van der Waals surface area contributed by atoms with E-state index < -0.39 is 0 Å². The van der Waals surface area contributed by atoms with Gasteiger partial charge in [-0.2, -0.15) is 0 Å². The Morgan fingerprint density at radius 1 is 1.57 bits per heavy atom. The minimum Gasteiger partial charge on any atom is -0.383 e. The quantitative estimate of drug-likeness (QED) is 0.774. The number of aryl methyl sites for hydroxylation is 2. The largest absolute Gasteiger partial charge is 0.383 e. The third kappa shape index (κ3) is 2.82. The van der Waals surface area contributed by atoms with Crippen molar-refractivity contribution in [2.75, 3.05) is 20.3 Å². The number of rotatable bonds is 4. The highest BCUT2D eigenvalue weighted by Crippen LogP contribution is 2.20. The van der Waals surface area contributed by atoms with Gasteiger partial charge in [0.05, 0.1) is 11.5 Å². The molecule has 0 aliphatic carbocycles. The van der Waals surface area contributed by atoms with Gasteiger partial charge in [-0.15, -0.1) is 11.3 Å². The van der Waals surface area contributed by atoms with E-state index in [-0.39, 0.29) is 5.91 Å². The van der Waals surface area contributed by atoms with Crippen molar-refractivity contribution in [3.05, 3.63) is 21.4 Å². The molecule has 1 aromatic heterocycles. The molecular weight excluding hydrogens is 198 g/mol. The van der Waals surface area contributed by atoms with E-state index in [1.54, 1.807) is 7.11 Å². The van der Waals surface area contributed by atoms with Crippen LogP contribution in [-0.2, 0) is 4.74 Å². The fraction of sp³-hybridized carbons (Fsp3) is 0.500. The molecule has 0 spiro atoms. The van der Waals surface area contributed by atoms with Crippen LogP contribution in [0.2, 0.25) is 0 Å². The zero-order valence-corrected chi connectivity index (χ0v) is 9.53. The van der Waals surface area contributed by atoms with Crippen LogP contribution < -0.4 is 5.32 Å². The monoisotopic (exact) mass is 213 g/mol. The van der Waals surface area contributed by atoms with Crippen LogP contribution in [0.15, 0.2) is 6.07 Å². The van der Waals surface area contributed by atoms with Crippen molar-refractivity contribution >= 4 is 17.2 Å². The van der Waals surface area contributed by atoms with Crippen molar-refractivity contribution < 1.29 is 9.53 Å². The second-order valence-electron chi connectivity index (χ2n) is 3.12. The van der Waals surface area contributed by atoms with E-state index in [1.807, 2.05) is 19.9 Å². The summed E-state index contributed by atoms with van der Waals surface area (Å²) in [5.74, 6) is -0.00218. The number of hydrogen-bond donors (Lipinski definition) is 1. The molecule has 1 aromatic rings. The molecule has 3 nitrogen and oxygen atoms in total. The molecule has 14 heavy (non-hydrogen) atoms. The van der Waals surface area contributed by atoms with Crippen LogP contribution in [0.1, 0.15) is 20.1 Å². The average Bonchev–Trinajstić information content (AvgIpc) is 2.45. The minimum absolute atomic E-state index is 0.00218. The Morgan fingerprint density at radius 3 is 2.79 bits per heavy atom. The maximum Gasteiger partial charge on any atom is 0.261 e. The molecule has 0 fully saturated rings. The van der Waals surface area contributed by atoms with E-state index in [9.17, 15) is 4.79 Å². The Balaban J connectivity index is 2.56. The van der Waals surface area contributed by atoms with E-state index >= 15 is 0 Å². The highest BCUT2D eigenvalue weighted by molar-refractivity contribution is 7.14. The van der Waals surface area contributed by atoms with Crippen LogP contribution in [0.5, 0.6) is 0 Å². The second-order valence-corrected chi connectivity index (χ2v) is 4.37. The van der Waals surface area contributed by atoms with E-state index in [0.29, 0.717) is 13.2 Å². The summed E-state index contributed by atoms with van der Waals surface area (Å²) >= 11 is 1.53. The molecule has 1 heterocycles. The standard InChI is InChI=1S/C10H15NO2S/c1-7-6-8(2)14-9(7)10(12)11-4-5-13-3/h6H,4-5H2,1-3H3,(H,11,12). The van der Waals surface area contributed by atoms with Crippen molar-refractivity contribution in [3.8, 4) is 0 Å². The van der Waals surface area contributed by atoms with Gasteiger partial charge < -0.3 is 10.1 Å². The molecule has 0 unspecified atom stereocenters. The summed E-state index contributed by atoms with van der Waals surface area (Å²) in [6.45, 7) is 5.07. The van der Waals surface area contributed by atoms with Gasteiger partial charge >= 0.3 is 0 Å². The lowest BCUT2D eigenvalue weighted by molar-refractivity contribution is 0.0940. The predicted octanol–water partition coefficient (Wildman–Crippen LogP) is 1.74. The van der Waals surface area contributed by atoms with Crippen molar-refractivity contribution in [3.63, 3.8) is 0 Å². The topological polar surface area (TPSA) is 38.3 Å². The molecule has 78 valence electrons. The Labute approximate surface area is 88.1 Å². The molecule has 0 aliphatic heterocycles. The van der Waals surface area contributed by atoms with Gasteiger partial charge in [0.25, 0.3) is 5.91 Å². The third-order valence-electron chi connectivity index (χ3n) is 1.84. The molecule has 0 saturated heterocycles. The predicted molar refractivity (Wildman–Crippen MR) is 58.0 cm³/mol. The number of hydrogen-bond acceptors (Lipinski definition) is 3. The van der Waals surface area contributed by atoms with Crippen LogP contribution in [0.3, 0.4) is 0 Å². The number of amides is 1. The van der Waals surface area contributed by atoms with Gasteiger partial charge in [0.2, 0.25) is 0 Å². The summed E-state index contributed by atoms with van der Waals surface area (Å²) in [4.78, 5) is 13.6. The first kappa shape index (κ1) is 11.2. The van der Waals surface area contributed by atoms with Crippen molar-refractivity contribution in [1.29, 1.82) is 0 Å².